The number of hydrogen-bond acceptors (Lipinski definition) is 4. The minimum Gasteiger partial charge on any atom is -0.393 e. The SMILES string of the molecule is CCNC(=O)CCC/C=C\C[C@@H]1[C@@H](/C=C/[C@@H](O)CCCc2ccccc2)[C@H](O)C[C@@H]1O. The molecule has 0 heterocycles. The molecule has 0 unspecified atom stereocenters. The number of aliphatic hydroxyl groups is 3. The number of carbonyl (C=O) groups excluding carboxylic acids is 1. The third-order valence-corrected chi connectivity index (χ3v) is 6.00. The summed E-state index contributed by atoms with van der Waals surface area (Å²) in [7, 11) is 0. The van der Waals surface area contributed by atoms with Gasteiger partial charge in [-0.3, -0.25) is 4.79 Å². The van der Waals surface area contributed by atoms with Crippen LogP contribution < -0.4 is 5.32 Å². The maximum Gasteiger partial charge on any atom is 0.219 e. The van der Waals surface area contributed by atoms with Crippen molar-refractivity contribution in [3.05, 3.63) is 60.2 Å². The molecule has 1 fully saturated rings. The number of benzene rings is 1. The molecule has 5 atom stereocenters. The molecule has 0 aromatic heterocycles. The van der Waals surface area contributed by atoms with Gasteiger partial charge in [-0.25, -0.2) is 0 Å². The number of aliphatic hydroxyl groups excluding tert-OH is 3. The van der Waals surface area contributed by atoms with Gasteiger partial charge in [0.25, 0.3) is 0 Å². The highest BCUT2D eigenvalue weighted by molar-refractivity contribution is 5.75. The van der Waals surface area contributed by atoms with Crippen LogP contribution in [0.2, 0.25) is 0 Å². The van der Waals surface area contributed by atoms with Gasteiger partial charge in [-0.2, -0.15) is 0 Å². The zero-order valence-electron chi connectivity index (χ0n) is 18.7. The standard InChI is InChI=1S/C26H39NO4/c1-2-27-26(31)16-9-4-3-8-15-22-23(25(30)19-24(22)29)18-17-21(28)14-10-13-20-11-6-5-7-12-20/h3,5-8,11-12,17-18,21-25,28-30H,2,4,9-10,13-16,19H2,1H3,(H,27,31)/b8-3-,18-17+/t21-,22+,23+,24-,25+/m0/s1. The lowest BCUT2D eigenvalue weighted by molar-refractivity contribution is -0.121. The third kappa shape index (κ3) is 9.38. The van der Waals surface area contributed by atoms with Gasteiger partial charge in [0, 0.05) is 25.3 Å². The van der Waals surface area contributed by atoms with E-state index >= 15 is 0 Å². The second-order valence-corrected chi connectivity index (χ2v) is 8.49. The fraction of sp³-hybridized carbons (Fsp3) is 0.577. The van der Waals surface area contributed by atoms with Gasteiger partial charge < -0.3 is 20.6 Å². The van der Waals surface area contributed by atoms with E-state index in [2.05, 4.69) is 23.5 Å². The molecule has 172 valence electrons. The predicted molar refractivity (Wildman–Crippen MR) is 124 cm³/mol. The highest BCUT2D eigenvalue weighted by atomic mass is 16.3. The topological polar surface area (TPSA) is 89.8 Å². The number of rotatable bonds is 13. The summed E-state index contributed by atoms with van der Waals surface area (Å²) in [6.07, 6.45) is 11.8. The molecule has 31 heavy (non-hydrogen) atoms. The van der Waals surface area contributed by atoms with Gasteiger partial charge in [-0.05, 0) is 56.9 Å². The predicted octanol–water partition coefficient (Wildman–Crippen LogP) is 3.54. The second kappa shape index (κ2) is 14.2. The molecule has 0 aliphatic heterocycles. The fourth-order valence-electron chi connectivity index (χ4n) is 4.26. The van der Waals surface area contributed by atoms with E-state index in [0.29, 0.717) is 32.2 Å². The fourth-order valence-corrected chi connectivity index (χ4v) is 4.26. The number of unbranched alkanes of at least 4 members (excludes halogenated alkanes) is 1. The quantitative estimate of drug-likeness (QED) is 0.285. The molecular formula is C26H39NO4. The van der Waals surface area contributed by atoms with Crippen molar-refractivity contribution in [3.63, 3.8) is 0 Å². The Kier molecular flexibility index (Phi) is 11.6. The molecule has 1 saturated carbocycles. The summed E-state index contributed by atoms with van der Waals surface area (Å²) in [6, 6.07) is 10.2. The summed E-state index contributed by atoms with van der Waals surface area (Å²) in [5, 5.41) is 33.8. The molecule has 0 bridgehead atoms. The van der Waals surface area contributed by atoms with Crippen molar-refractivity contribution < 1.29 is 20.1 Å². The zero-order valence-corrected chi connectivity index (χ0v) is 18.7. The largest absolute Gasteiger partial charge is 0.393 e. The summed E-state index contributed by atoms with van der Waals surface area (Å²) in [5.74, 6) is -0.126. The number of carbonyl (C=O) groups is 1. The van der Waals surface area contributed by atoms with Gasteiger partial charge in [-0.1, -0.05) is 54.6 Å². The van der Waals surface area contributed by atoms with Gasteiger partial charge in [0.15, 0.2) is 0 Å². The van der Waals surface area contributed by atoms with Gasteiger partial charge in [-0.15, -0.1) is 0 Å². The van der Waals surface area contributed by atoms with Crippen molar-refractivity contribution in [2.45, 2.75) is 76.6 Å². The maximum absolute atomic E-state index is 11.4. The number of allylic oxidation sites excluding steroid dienone is 2. The highest BCUT2D eigenvalue weighted by Gasteiger charge is 2.39. The van der Waals surface area contributed by atoms with E-state index in [1.54, 1.807) is 6.08 Å². The summed E-state index contributed by atoms with van der Waals surface area (Å²) >= 11 is 0. The Balaban J connectivity index is 1.74. The van der Waals surface area contributed by atoms with Crippen LogP contribution in [0, 0.1) is 11.8 Å². The maximum atomic E-state index is 11.4. The monoisotopic (exact) mass is 429 g/mol. The minimum absolute atomic E-state index is 0.0533. The van der Waals surface area contributed by atoms with E-state index in [4.69, 9.17) is 0 Å². The van der Waals surface area contributed by atoms with E-state index in [1.807, 2.05) is 37.3 Å². The molecule has 4 N–H and O–H groups in total. The summed E-state index contributed by atoms with van der Waals surface area (Å²) in [6.45, 7) is 2.57. The van der Waals surface area contributed by atoms with Crippen LogP contribution in [0.5, 0.6) is 0 Å². The first-order chi connectivity index (χ1) is 15.0. The van der Waals surface area contributed by atoms with E-state index in [0.717, 1.165) is 25.7 Å². The van der Waals surface area contributed by atoms with Gasteiger partial charge in [0.2, 0.25) is 5.91 Å². The summed E-state index contributed by atoms with van der Waals surface area (Å²) in [4.78, 5) is 11.4. The van der Waals surface area contributed by atoms with Crippen LogP contribution in [0.1, 0.15) is 57.4 Å². The summed E-state index contributed by atoms with van der Waals surface area (Å²) < 4.78 is 0. The number of aryl methyl sites for hydroxylation is 1. The van der Waals surface area contributed by atoms with Crippen LogP contribution in [0.15, 0.2) is 54.6 Å². The molecule has 1 aromatic rings. The van der Waals surface area contributed by atoms with E-state index in [-0.39, 0.29) is 17.7 Å². The Morgan fingerprint density at radius 2 is 1.94 bits per heavy atom. The average Bonchev–Trinajstić information content (AvgIpc) is 3.02. The van der Waals surface area contributed by atoms with Gasteiger partial charge in [0.1, 0.15) is 0 Å². The first-order valence-electron chi connectivity index (χ1n) is 11.7. The van der Waals surface area contributed by atoms with Crippen molar-refractivity contribution in [1.29, 1.82) is 0 Å². The summed E-state index contributed by atoms with van der Waals surface area (Å²) in [5.41, 5.74) is 1.27. The van der Waals surface area contributed by atoms with E-state index < -0.39 is 18.3 Å². The van der Waals surface area contributed by atoms with Gasteiger partial charge in [0.05, 0.1) is 18.3 Å². The first-order valence-corrected chi connectivity index (χ1v) is 11.7. The molecule has 0 spiro atoms. The van der Waals surface area contributed by atoms with Crippen molar-refractivity contribution in [2.75, 3.05) is 6.54 Å². The van der Waals surface area contributed by atoms with Crippen molar-refractivity contribution in [2.24, 2.45) is 11.8 Å². The molecular weight excluding hydrogens is 390 g/mol. The molecule has 1 aromatic carbocycles. The average molecular weight is 430 g/mol. The smallest absolute Gasteiger partial charge is 0.219 e. The normalized spacial score (nSPS) is 24.8. The molecule has 1 amide bonds. The van der Waals surface area contributed by atoms with Gasteiger partial charge >= 0.3 is 0 Å². The molecule has 1 aliphatic carbocycles. The number of amides is 1. The Morgan fingerprint density at radius 3 is 2.68 bits per heavy atom. The molecule has 2 rings (SSSR count). The first kappa shape index (κ1) is 25.3. The molecule has 0 saturated heterocycles. The molecule has 0 radical (unpaired) electrons. The lowest BCUT2D eigenvalue weighted by Gasteiger charge is -2.19. The van der Waals surface area contributed by atoms with Crippen LogP contribution in [-0.4, -0.2) is 46.1 Å². The lowest BCUT2D eigenvalue weighted by atomic mass is 9.89. The highest BCUT2D eigenvalue weighted by Crippen LogP contribution is 2.36. The Hall–Kier alpha value is -1.95. The van der Waals surface area contributed by atoms with E-state index in [1.165, 1.54) is 5.56 Å². The van der Waals surface area contributed by atoms with Crippen LogP contribution in [0.3, 0.4) is 0 Å². The molecule has 1 aliphatic rings. The number of hydrogen-bond donors (Lipinski definition) is 4. The Morgan fingerprint density at radius 1 is 1.16 bits per heavy atom. The molecule has 5 heteroatoms. The molecule has 5 nitrogen and oxygen atoms in total. The van der Waals surface area contributed by atoms with Crippen LogP contribution >= 0.6 is 0 Å². The van der Waals surface area contributed by atoms with E-state index in [9.17, 15) is 20.1 Å². The Bertz CT molecular complexity index is 688. The Labute approximate surface area is 186 Å². The number of nitrogens with one attached hydrogen (secondary N) is 1. The van der Waals surface area contributed by atoms with Crippen LogP contribution in [0.4, 0.5) is 0 Å². The van der Waals surface area contributed by atoms with Crippen molar-refractivity contribution >= 4 is 5.91 Å². The zero-order chi connectivity index (χ0) is 22.5. The second-order valence-electron chi connectivity index (χ2n) is 8.49. The van der Waals surface area contributed by atoms with Crippen LogP contribution in [0.25, 0.3) is 0 Å². The third-order valence-electron chi connectivity index (χ3n) is 6.00. The van der Waals surface area contributed by atoms with Crippen molar-refractivity contribution in [1.82, 2.24) is 5.32 Å². The van der Waals surface area contributed by atoms with Crippen molar-refractivity contribution in [3.8, 4) is 0 Å². The van der Waals surface area contributed by atoms with Crippen LogP contribution in [-0.2, 0) is 11.2 Å². The lowest BCUT2D eigenvalue weighted by Crippen LogP contribution is -2.21. The minimum atomic E-state index is -0.584.